The number of aryl methyl sites for hydroxylation is 1. The maximum absolute atomic E-state index is 11.7. The van der Waals surface area contributed by atoms with Gasteiger partial charge < -0.3 is 15.4 Å². The lowest BCUT2D eigenvalue weighted by molar-refractivity contribution is -0.123. The summed E-state index contributed by atoms with van der Waals surface area (Å²) >= 11 is 0. The molecule has 2 N–H and O–H groups in total. The first-order valence-corrected chi connectivity index (χ1v) is 7.75. The SMILES string of the molecule is Cc1cccc(OCC(=O)NCCC(=O)NCc2cccnc2)c1. The topological polar surface area (TPSA) is 80.3 Å². The third kappa shape index (κ3) is 6.48. The first-order valence-electron chi connectivity index (χ1n) is 7.75. The van der Waals surface area contributed by atoms with Crippen molar-refractivity contribution in [3.05, 3.63) is 59.9 Å². The lowest BCUT2D eigenvalue weighted by Crippen LogP contribution is -2.33. The van der Waals surface area contributed by atoms with Crippen LogP contribution in [0.3, 0.4) is 0 Å². The number of benzene rings is 1. The standard InChI is InChI=1S/C18H21N3O3/c1-14-4-2-6-16(10-14)24-13-18(23)20-9-7-17(22)21-12-15-5-3-8-19-11-15/h2-6,8,10-11H,7,9,12-13H2,1H3,(H,20,23)(H,21,22). The van der Waals surface area contributed by atoms with Gasteiger partial charge in [-0.1, -0.05) is 18.2 Å². The van der Waals surface area contributed by atoms with Gasteiger partial charge in [0, 0.05) is 31.9 Å². The van der Waals surface area contributed by atoms with E-state index in [-0.39, 0.29) is 31.4 Å². The third-order valence-electron chi connectivity index (χ3n) is 3.25. The molecule has 24 heavy (non-hydrogen) atoms. The molecule has 0 fully saturated rings. The van der Waals surface area contributed by atoms with Crippen LogP contribution in [-0.4, -0.2) is 29.9 Å². The Labute approximate surface area is 141 Å². The van der Waals surface area contributed by atoms with Gasteiger partial charge in [0.05, 0.1) is 0 Å². The van der Waals surface area contributed by atoms with E-state index >= 15 is 0 Å². The van der Waals surface area contributed by atoms with Crippen molar-refractivity contribution >= 4 is 11.8 Å². The molecule has 1 aromatic carbocycles. The summed E-state index contributed by atoms with van der Waals surface area (Å²) in [4.78, 5) is 27.4. The first-order chi connectivity index (χ1) is 11.6. The maximum atomic E-state index is 11.7. The molecule has 1 heterocycles. The van der Waals surface area contributed by atoms with E-state index in [0.717, 1.165) is 11.1 Å². The second-order valence-corrected chi connectivity index (χ2v) is 5.34. The molecule has 126 valence electrons. The Bertz CT molecular complexity index is 674. The van der Waals surface area contributed by atoms with Crippen LogP contribution < -0.4 is 15.4 Å². The van der Waals surface area contributed by atoms with Crippen LogP contribution in [0.4, 0.5) is 0 Å². The van der Waals surface area contributed by atoms with E-state index in [2.05, 4.69) is 15.6 Å². The molecule has 0 spiro atoms. The van der Waals surface area contributed by atoms with Gasteiger partial charge in [0.25, 0.3) is 5.91 Å². The molecule has 0 bridgehead atoms. The van der Waals surface area contributed by atoms with Crippen molar-refractivity contribution in [2.75, 3.05) is 13.2 Å². The van der Waals surface area contributed by atoms with Crippen LogP contribution in [-0.2, 0) is 16.1 Å². The van der Waals surface area contributed by atoms with Gasteiger partial charge in [0.1, 0.15) is 5.75 Å². The van der Waals surface area contributed by atoms with Gasteiger partial charge in [-0.15, -0.1) is 0 Å². The fourth-order valence-electron chi connectivity index (χ4n) is 2.01. The Morgan fingerprint density at radius 1 is 1.12 bits per heavy atom. The fourth-order valence-corrected chi connectivity index (χ4v) is 2.01. The zero-order valence-corrected chi connectivity index (χ0v) is 13.6. The number of amides is 2. The minimum Gasteiger partial charge on any atom is -0.484 e. The van der Waals surface area contributed by atoms with Crippen LogP contribution in [0.25, 0.3) is 0 Å². The molecule has 2 aromatic rings. The highest BCUT2D eigenvalue weighted by atomic mass is 16.5. The second kappa shape index (κ2) is 9.29. The van der Waals surface area contributed by atoms with E-state index in [1.807, 2.05) is 37.3 Å². The summed E-state index contributed by atoms with van der Waals surface area (Å²) in [6.45, 7) is 2.59. The molecule has 0 aliphatic rings. The van der Waals surface area contributed by atoms with E-state index in [1.54, 1.807) is 18.5 Å². The number of rotatable bonds is 8. The average molecular weight is 327 g/mol. The fraction of sp³-hybridized carbons (Fsp3) is 0.278. The Morgan fingerprint density at radius 3 is 2.75 bits per heavy atom. The summed E-state index contributed by atoms with van der Waals surface area (Å²) < 4.78 is 5.39. The number of aromatic nitrogens is 1. The Morgan fingerprint density at radius 2 is 2.00 bits per heavy atom. The molecule has 6 nitrogen and oxygen atoms in total. The molecule has 0 aliphatic heterocycles. The molecule has 1 aromatic heterocycles. The minimum atomic E-state index is -0.253. The molecular formula is C18H21N3O3. The van der Waals surface area contributed by atoms with Crippen LogP contribution >= 0.6 is 0 Å². The van der Waals surface area contributed by atoms with Crippen molar-refractivity contribution in [1.82, 2.24) is 15.6 Å². The monoisotopic (exact) mass is 327 g/mol. The summed E-state index contributed by atoms with van der Waals surface area (Å²) in [5.41, 5.74) is 2.00. The number of carbonyl (C=O) groups is 2. The number of pyridine rings is 1. The summed E-state index contributed by atoms with van der Waals surface area (Å²) in [5, 5.41) is 5.43. The molecule has 0 unspecified atom stereocenters. The molecule has 0 saturated heterocycles. The lowest BCUT2D eigenvalue weighted by Gasteiger charge is -2.08. The van der Waals surface area contributed by atoms with E-state index < -0.39 is 0 Å². The van der Waals surface area contributed by atoms with Gasteiger partial charge in [0.15, 0.2) is 6.61 Å². The largest absolute Gasteiger partial charge is 0.484 e. The van der Waals surface area contributed by atoms with Crippen molar-refractivity contribution in [2.24, 2.45) is 0 Å². The number of ether oxygens (including phenoxy) is 1. The predicted molar refractivity (Wildman–Crippen MR) is 90.4 cm³/mol. The van der Waals surface area contributed by atoms with Gasteiger partial charge >= 0.3 is 0 Å². The zero-order chi connectivity index (χ0) is 17.2. The number of nitrogens with one attached hydrogen (secondary N) is 2. The quantitative estimate of drug-likeness (QED) is 0.771. The van der Waals surface area contributed by atoms with Gasteiger partial charge in [-0.3, -0.25) is 14.6 Å². The van der Waals surface area contributed by atoms with Gasteiger partial charge in [-0.25, -0.2) is 0 Å². The molecule has 0 radical (unpaired) electrons. The van der Waals surface area contributed by atoms with Crippen LogP contribution in [0.15, 0.2) is 48.8 Å². The predicted octanol–water partition coefficient (Wildman–Crippen LogP) is 1.59. The number of nitrogens with zero attached hydrogens (tertiary/aromatic N) is 1. The van der Waals surface area contributed by atoms with E-state index in [4.69, 9.17) is 4.74 Å². The van der Waals surface area contributed by atoms with E-state index in [1.165, 1.54) is 0 Å². The first kappa shape index (κ1) is 17.5. The summed E-state index contributed by atoms with van der Waals surface area (Å²) in [5.74, 6) is 0.273. The van der Waals surface area contributed by atoms with Gasteiger partial charge in [-0.2, -0.15) is 0 Å². The van der Waals surface area contributed by atoms with Crippen LogP contribution in [0.5, 0.6) is 5.75 Å². The molecule has 6 heteroatoms. The molecule has 2 rings (SSSR count). The summed E-state index contributed by atoms with van der Waals surface area (Å²) in [6, 6.07) is 11.2. The van der Waals surface area contributed by atoms with Gasteiger partial charge in [-0.05, 0) is 36.2 Å². The number of carbonyl (C=O) groups excluding carboxylic acids is 2. The number of hydrogen-bond acceptors (Lipinski definition) is 4. The highest BCUT2D eigenvalue weighted by Gasteiger charge is 2.05. The highest BCUT2D eigenvalue weighted by Crippen LogP contribution is 2.11. The third-order valence-corrected chi connectivity index (χ3v) is 3.25. The smallest absolute Gasteiger partial charge is 0.257 e. The lowest BCUT2D eigenvalue weighted by atomic mass is 10.2. The maximum Gasteiger partial charge on any atom is 0.257 e. The molecular weight excluding hydrogens is 306 g/mol. The van der Waals surface area contributed by atoms with Crippen molar-refractivity contribution in [3.8, 4) is 5.75 Å². The molecule has 0 aliphatic carbocycles. The molecule has 0 atom stereocenters. The summed E-state index contributed by atoms with van der Waals surface area (Å²) in [6.07, 6.45) is 3.60. The molecule has 2 amide bonds. The highest BCUT2D eigenvalue weighted by molar-refractivity contribution is 5.79. The van der Waals surface area contributed by atoms with Crippen LogP contribution in [0, 0.1) is 6.92 Å². The normalized spacial score (nSPS) is 10.0. The van der Waals surface area contributed by atoms with Gasteiger partial charge in [0.2, 0.25) is 5.91 Å². The minimum absolute atomic E-state index is 0.0687. The Kier molecular flexibility index (Phi) is 6.76. The second-order valence-electron chi connectivity index (χ2n) is 5.34. The molecule has 0 saturated carbocycles. The van der Waals surface area contributed by atoms with Crippen LogP contribution in [0.1, 0.15) is 17.5 Å². The number of hydrogen-bond donors (Lipinski definition) is 2. The van der Waals surface area contributed by atoms with Crippen molar-refractivity contribution in [1.29, 1.82) is 0 Å². The zero-order valence-electron chi connectivity index (χ0n) is 13.6. The Balaban J connectivity index is 1.59. The van der Waals surface area contributed by atoms with E-state index in [0.29, 0.717) is 12.3 Å². The van der Waals surface area contributed by atoms with Crippen LogP contribution in [0.2, 0.25) is 0 Å². The summed E-state index contributed by atoms with van der Waals surface area (Å²) in [7, 11) is 0. The van der Waals surface area contributed by atoms with Crippen molar-refractivity contribution < 1.29 is 14.3 Å². The van der Waals surface area contributed by atoms with Crippen molar-refractivity contribution in [3.63, 3.8) is 0 Å². The Hall–Kier alpha value is -2.89. The average Bonchev–Trinajstić information content (AvgIpc) is 2.59. The van der Waals surface area contributed by atoms with Crippen molar-refractivity contribution in [2.45, 2.75) is 19.9 Å². The van der Waals surface area contributed by atoms with E-state index in [9.17, 15) is 9.59 Å².